The van der Waals surface area contributed by atoms with Crippen molar-refractivity contribution < 1.29 is 32.2 Å². The molecule has 6 nitrogen and oxygen atoms in total. The van der Waals surface area contributed by atoms with Crippen LogP contribution in [0.3, 0.4) is 0 Å². The molecular weight excluding hydrogens is 461 g/mol. The maximum absolute atomic E-state index is 13.7. The number of carbonyl (C=O) groups is 2. The summed E-state index contributed by atoms with van der Waals surface area (Å²) in [7, 11) is 0. The maximum atomic E-state index is 13.7. The van der Waals surface area contributed by atoms with Gasteiger partial charge >= 0.3 is 6.61 Å². The molecule has 0 aromatic heterocycles. The van der Waals surface area contributed by atoms with E-state index in [0.29, 0.717) is 42.6 Å². The van der Waals surface area contributed by atoms with Gasteiger partial charge in [0.2, 0.25) is 11.8 Å². The van der Waals surface area contributed by atoms with Gasteiger partial charge in [0.15, 0.2) is 11.5 Å². The van der Waals surface area contributed by atoms with E-state index >= 15 is 0 Å². The largest absolute Gasteiger partial charge is 0.490 e. The van der Waals surface area contributed by atoms with Crippen molar-refractivity contribution in [2.24, 2.45) is 5.92 Å². The van der Waals surface area contributed by atoms with Crippen LogP contribution in [0.2, 0.25) is 0 Å². The fourth-order valence-electron chi connectivity index (χ4n) is 3.80. The molecule has 1 N–H and O–H groups in total. The van der Waals surface area contributed by atoms with Crippen LogP contribution >= 0.6 is 0 Å². The number of hydrogen-bond donors (Lipinski definition) is 1. The quantitative estimate of drug-likeness (QED) is 0.518. The van der Waals surface area contributed by atoms with E-state index in [1.807, 2.05) is 0 Å². The maximum Gasteiger partial charge on any atom is 0.387 e. The number of ether oxygens (including phenoxy) is 2. The molecule has 0 radical (unpaired) electrons. The van der Waals surface area contributed by atoms with E-state index in [1.54, 1.807) is 43.0 Å². The second kappa shape index (κ2) is 12.3. The van der Waals surface area contributed by atoms with E-state index in [4.69, 9.17) is 4.74 Å². The molecule has 0 aliphatic carbocycles. The van der Waals surface area contributed by atoms with Gasteiger partial charge in [-0.1, -0.05) is 18.2 Å². The average molecular weight is 491 g/mol. The van der Waals surface area contributed by atoms with Gasteiger partial charge in [-0.15, -0.1) is 0 Å². The summed E-state index contributed by atoms with van der Waals surface area (Å²) in [5, 5.41) is 2.85. The van der Waals surface area contributed by atoms with Crippen molar-refractivity contribution in [2.75, 3.05) is 19.7 Å². The van der Waals surface area contributed by atoms with Gasteiger partial charge in [-0.2, -0.15) is 8.78 Å². The first-order valence-electron chi connectivity index (χ1n) is 11.5. The summed E-state index contributed by atoms with van der Waals surface area (Å²) in [5.74, 6) is -0.730. The fraction of sp³-hybridized carbons (Fsp3) is 0.385. The standard InChI is InChI=1S/C26H29F3N2O4/c1-3-34-23-15-18(6-8-22(23)35-26(28)29)7-9-24(32)31-12-10-20(11-13-31)25(33)30-16-19-5-4-17(2)21(27)14-19/h4-9,14-15,20,26H,3,10-13,16H2,1-2H3,(H,30,33). The number of rotatable bonds is 9. The number of likely N-dealkylation sites (tertiary alicyclic amines) is 1. The predicted octanol–water partition coefficient (Wildman–Crippen LogP) is 4.70. The summed E-state index contributed by atoms with van der Waals surface area (Å²) in [5.41, 5.74) is 1.85. The van der Waals surface area contributed by atoms with E-state index in [0.717, 1.165) is 0 Å². The molecule has 1 heterocycles. The molecule has 2 aromatic rings. The zero-order valence-electron chi connectivity index (χ0n) is 19.7. The molecule has 1 fully saturated rings. The number of carbonyl (C=O) groups excluding carboxylic acids is 2. The van der Waals surface area contributed by atoms with Gasteiger partial charge in [-0.05, 0) is 67.7 Å². The van der Waals surface area contributed by atoms with Gasteiger partial charge in [-0.25, -0.2) is 4.39 Å². The van der Waals surface area contributed by atoms with Gasteiger partial charge < -0.3 is 19.7 Å². The number of nitrogens with zero attached hydrogens (tertiary/aromatic N) is 1. The normalized spacial score (nSPS) is 14.4. The summed E-state index contributed by atoms with van der Waals surface area (Å²) in [6.45, 7) is 1.84. The van der Waals surface area contributed by atoms with Crippen molar-refractivity contribution in [2.45, 2.75) is 39.8 Å². The summed E-state index contributed by atoms with van der Waals surface area (Å²) < 4.78 is 48.6. The second-order valence-electron chi connectivity index (χ2n) is 8.25. The van der Waals surface area contributed by atoms with Crippen LogP contribution in [-0.2, 0) is 16.1 Å². The molecule has 2 aromatic carbocycles. The lowest BCUT2D eigenvalue weighted by atomic mass is 9.95. The van der Waals surface area contributed by atoms with Crippen LogP contribution in [0.5, 0.6) is 11.5 Å². The first-order chi connectivity index (χ1) is 16.8. The number of nitrogens with one attached hydrogen (secondary N) is 1. The lowest BCUT2D eigenvalue weighted by Gasteiger charge is -2.30. The minimum atomic E-state index is -2.97. The Morgan fingerprint density at radius 3 is 2.54 bits per heavy atom. The van der Waals surface area contributed by atoms with Crippen molar-refractivity contribution in [1.29, 1.82) is 0 Å². The first-order valence-corrected chi connectivity index (χ1v) is 11.5. The van der Waals surface area contributed by atoms with Gasteiger partial charge in [0, 0.05) is 31.6 Å². The van der Waals surface area contributed by atoms with Gasteiger partial charge in [-0.3, -0.25) is 9.59 Å². The first kappa shape index (κ1) is 26.1. The van der Waals surface area contributed by atoms with E-state index < -0.39 is 6.61 Å². The highest BCUT2D eigenvalue weighted by atomic mass is 19.3. The Kier molecular flexibility index (Phi) is 9.17. The third-order valence-corrected chi connectivity index (χ3v) is 5.78. The van der Waals surface area contributed by atoms with Crippen LogP contribution in [0.1, 0.15) is 36.5 Å². The molecule has 1 aliphatic rings. The molecule has 2 amide bonds. The van der Waals surface area contributed by atoms with Crippen LogP contribution in [0.4, 0.5) is 13.2 Å². The highest BCUT2D eigenvalue weighted by Crippen LogP contribution is 2.30. The lowest BCUT2D eigenvalue weighted by Crippen LogP contribution is -2.42. The monoisotopic (exact) mass is 490 g/mol. The van der Waals surface area contributed by atoms with E-state index in [2.05, 4.69) is 10.1 Å². The highest BCUT2D eigenvalue weighted by Gasteiger charge is 2.26. The number of amides is 2. The van der Waals surface area contributed by atoms with Crippen molar-refractivity contribution in [3.8, 4) is 11.5 Å². The Balaban J connectivity index is 1.50. The lowest BCUT2D eigenvalue weighted by molar-refractivity contribution is -0.132. The topological polar surface area (TPSA) is 67.9 Å². The molecule has 1 saturated heterocycles. The predicted molar refractivity (Wildman–Crippen MR) is 126 cm³/mol. The molecule has 0 bridgehead atoms. The Hall–Kier alpha value is -3.49. The number of aryl methyl sites for hydroxylation is 1. The Bertz CT molecular complexity index is 1070. The van der Waals surface area contributed by atoms with Gasteiger partial charge in [0.05, 0.1) is 6.61 Å². The number of piperidine rings is 1. The van der Waals surface area contributed by atoms with Gasteiger partial charge in [0.25, 0.3) is 0 Å². The number of halogens is 3. The molecule has 9 heteroatoms. The minimum absolute atomic E-state index is 0.0711. The molecule has 188 valence electrons. The summed E-state index contributed by atoms with van der Waals surface area (Å²) in [6, 6.07) is 9.33. The average Bonchev–Trinajstić information content (AvgIpc) is 2.84. The Morgan fingerprint density at radius 2 is 1.89 bits per heavy atom. The molecule has 1 aliphatic heterocycles. The second-order valence-corrected chi connectivity index (χ2v) is 8.25. The van der Waals surface area contributed by atoms with E-state index in [9.17, 15) is 22.8 Å². The van der Waals surface area contributed by atoms with Gasteiger partial charge in [0.1, 0.15) is 5.82 Å². The molecule has 0 spiro atoms. The third-order valence-electron chi connectivity index (χ3n) is 5.78. The fourth-order valence-corrected chi connectivity index (χ4v) is 3.80. The Labute approximate surface area is 202 Å². The zero-order valence-corrected chi connectivity index (χ0v) is 19.7. The highest BCUT2D eigenvalue weighted by molar-refractivity contribution is 5.92. The van der Waals surface area contributed by atoms with Crippen molar-refractivity contribution >= 4 is 17.9 Å². The van der Waals surface area contributed by atoms with Crippen LogP contribution in [0.15, 0.2) is 42.5 Å². The number of benzene rings is 2. The zero-order chi connectivity index (χ0) is 25.4. The smallest absolute Gasteiger partial charge is 0.387 e. The van der Waals surface area contributed by atoms with Crippen LogP contribution < -0.4 is 14.8 Å². The summed E-state index contributed by atoms with van der Waals surface area (Å²) in [6.07, 6.45) is 4.05. The number of alkyl halides is 2. The molecule has 0 atom stereocenters. The van der Waals surface area contributed by atoms with Crippen molar-refractivity contribution in [3.05, 3.63) is 65.0 Å². The molecule has 35 heavy (non-hydrogen) atoms. The summed E-state index contributed by atoms with van der Waals surface area (Å²) in [4.78, 5) is 26.7. The summed E-state index contributed by atoms with van der Waals surface area (Å²) >= 11 is 0. The SMILES string of the molecule is CCOc1cc(C=CC(=O)N2CCC(C(=O)NCc3ccc(C)c(F)c3)CC2)ccc1OC(F)F. The van der Waals surface area contributed by atoms with E-state index in [-0.39, 0.29) is 48.2 Å². The third kappa shape index (κ3) is 7.50. The van der Waals surface area contributed by atoms with Crippen LogP contribution in [0.25, 0.3) is 6.08 Å². The molecule has 0 saturated carbocycles. The Morgan fingerprint density at radius 1 is 1.14 bits per heavy atom. The van der Waals surface area contributed by atoms with E-state index in [1.165, 1.54) is 24.3 Å². The van der Waals surface area contributed by atoms with Crippen LogP contribution in [-0.4, -0.2) is 43.0 Å². The molecular formula is C26H29F3N2O4. The molecule has 0 unspecified atom stereocenters. The van der Waals surface area contributed by atoms with Crippen LogP contribution in [0, 0.1) is 18.7 Å². The minimum Gasteiger partial charge on any atom is -0.490 e. The number of hydrogen-bond acceptors (Lipinski definition) is 4. The van der Waals surface area contributed by atoms with Crippen molar-refractivity contribution in [3.63, 3.8) is 0 Å². The molecule has 3 rings (SSSR count). The van der Waals surface area contributed by atoms with Crippen molar-refractivity contribution in [1.82, 2.24) is 10.2 Å².